The van der Waals surface area contributed by atoms with Gasteiger partial charge in [-0.25, -0.2) is 0 Å². The zero-order valence-corrected chi connectivity index (χ0v) is 6.80. The highest BCUT2D eigenvalue weighted by Crippen LogP contribution is 2.49. The Morgan fingerprint density at radius 2 is 2.20 bits per heavy atom. The largest absolute Gasteiger partial charge is 0.0872 e. The van der Waals surface area contributed by atoms with Crippen molar-refractivity contribution in [2.75, 3.05) is 6.16 Å². The van der Waals surface area contributed by atoms with Gasteiger partial charge in [-0.2, -0.15) is 0 Å². The average molecular weight is 150 g/mol. The molecule has 0 aromatic carbocycles. The summed E-state index contributed by atoms with van der Waals surface area (Å²) in [5, 5.41) is 0. The van der Waals surface area contributed by atoms with E-state index in [-0.39, 0.29) is 7.92 Å². The number of hydrogen-bond acceptors (Lipinski definition) is 0. The molecule has 2 unspecified atom stereocenters. The molecule has 0 nitrogen and oxygen atoms in total. The fourth-order valence-corrected chi connectivity index (χ4v) is 3.46. The van der Waals surface area contributed by atoms with Gasteiger partial charge in [-0.15, -0.1) is 0 Å². The van der Waals surface area contributed by atoms with E-state index in [1.807, 2.05) is 0 Å². The molecule has 0 amide bonds. The van der Waals surface area contributed by atoms with Crippen molar-refractivity contribution in [1.82, 2.24) is 0 Å². The maximum Gasteiger partial charge on any atom is 0.00453 e. The van der Waals surface area contributed by atoms with Crippen LogP contribution < -0.4 is 0 Å². The molecule has 2 heterocycles. The van der Waals surface area contributed by atoms with Gasteiger partial charge in [0, 0.05) is 5.66 Å². The van der Waals surface area contributed by atoms with Crippen LogP contribution in [0.4, 0.5) is 0 Å². The SMILES string of the molecule is C1=CC2CC=CCP2C=C1. The standard InChI is InChI=1S/C9H11P/c1-3-7-10-8-4-2-6-9(10)5-1/h1-5,7,9H,6,8H2. The van der Waals surface area contributed by atoms with Gasteiger partial charge in [0.1, 0.15) is 0 Å². The van der Waals surface area contributed by atoms with Crippen molar-refractivity contribution in [3.05, 3.63) is 36.2 Å². The van der Waals surface area contributed by atoms with E-state index in [1.54, 1.807) is 0 Å². The lowest BCUT2D eigenvalue weighted by Crippen LogP contribution is -2.06. The zero-order valence-electron chi connectivity index (χ0n) is 5.90. The highest BCUT2D eigenvalue weighted by atomic mass is 31.1. The van der Waals surface area contributed by atoms with Gasteiger partial charge in [0.2, 0.25) is 0 Å². The molecule has 0 aliphatic carbocycles. The summed E-state index contributed by atoms with van der Waals surface area (Å²) in [6, 6.07) is 0. The summed E-state index contributed by atoms with van der Waals surface area (Å²) in [5.41, 5.74) is 0.866. The van der Waals surface area contributed by atoms with E-state index in [9.17, 15) is 0 Å². The Bertz CT molecular complexity index is 179. The van der Waals surface area contributed by atoms with Crippen LogP contribution in [0.15, 0.2) is 36.2 Å². The molecule has 2 aliphatic rings. The second kappa shape index (κ2) is 2.72. The number of hydrogen-bond donors (Lipinski definition) is 0. The van der Waals surface area contributed by atoms with Crippen LogP contribution in [0.25, 0.3) is 0 Å². The molecule has 0 radical (unpaired) electrons. The van der Waals surface area contributed by atoms with Gasteiger partial charge in [-0.3, -0.25) is 0 Å². The van der Waals surface area contributed by atoms with Gasteiger partial charge in [-0.05, 0) is 12.6 Å². The summed E-state index contributed by atoms with van der Waals surface area (Å²) in [6.45, 7) is 0. The van der Waals surface area contributed by atoms with Crippen LogP contribution >= 0.6 is 7.92 Å². The number of rotatable bonds is 0. The van der Waals surface area contributed by atoms with Crippen LogP contribution in [0.3, 0.4) is 0 Å². The first-order valence-corrected chi connectivity index (χ1v) is 5.39. The van der Waals surface area contributed by atoms with Gasteiger partial charge in [0.05, 0.1) is 0 Å². The van der Waals surface area contributed by atoms with E-state index < -0.39 is 0 Å². The summed E-state index contributed by atoms with van der Waals surface area (Å²) in [4.78, 5) is 0. The Balaban J connectivity index is 2.19. The zero-order chi connectivity index (χ0) is 6.81. The summed E-state index contributed by atoms with van der Waals surface area (Å²) < 4.78 is 0. The van der Waals surface area contributed by atoms with Gasteiger partial charge in [0.25, 0.3) is 0 Å². The molecule has 0 saturated heterocycles. The molecule has 0 aromatic rings. The van der Waals surface area contributed by atoms with Crippen molar-refractivity contribution in [3.8, 4) is 0 Å². The Hall–Kier alpha value is -0.350. The van der Waals surface area contributed by atoms with E-state index in [0.717, 1.165) is 5.66 Å². The molecule has 52 valence electrons. The van der Waals surface area contributed by atoms with Crippen LogP contribution in [-0.4, -0.2) is 11.8 Å². The summed E-state index contributed by atoms with van der Waals surface area (Å²) in [6.07, 6.45) is 13.9. The summed E-state index contributed by atoms with van der Waals surface area (Å²) in [7, 11) is 0.200. The molecular weight excluding hydrogens is 139 g/mol. The second-order valence-electron chi connectivity index (χ2n) is 2.70. The van der Waals surface area contributed by atoms with E-state index in [4.69, 9.17) is 0 Å². The van der Waals surface area contributed by atoms with Crippen molar-refractivity contribution >= 4 is 7.92 Å². The first-order valence-electron chi connectivity index (χ1n) is 3.72. The van der Waals surface area contributed by atoms with Crippen molar-refractivity contribution in [1.29, 1.82) is 0 Å². The quantitative estimate of drug-likeness (QED) is 0.368. The van der Waals surface area contributed by atoms with Crippen LogP contribution in [0.2, 0.25) is 0 Å². The topological polar surface area (TPSA) is 0 Å². The fraction of sp³-hybridized carbons (Fsp3) is 0.333. The minimum Gasteiger partial charge on any atom is -0.0872 e. The minimum absolute atomic E-state index is 0.200. The Labute approximate surface area is 63.1 Å². The average Bonchev–Trinajstić information content (AvgIpc) is 2.05. The van der Waals surface area contributed by atoms with Crippen molar-refractivity contribution in [3.63, 3.8) is 0 Å². The third-order valence-electron chi connectivity index (χ3n) is 2.01. The molecule has 0 aromatic heterocycles. The van der Waals surface area contributed by atoms with E-state index in [0.29, 0.717) is 0 Å². The van der Waals surface area contributed by atoms with Crippen molar-refractivity contribution in [2.45, 2.75) is 12.1 Å². The predicted molar refractivity (Wildman–Crippen MR) is 47.6 cm³/mol. The van der Waals surface area contributed by atoms with Crippen LogP contribution in [0.5, 0.6) is 0 Å². The summed E-state index contributed by atoms with van der Waals surface area (Å²) >= 11 is 0. The van der Waals surface area contributed by atoms with E-state index in [1.165, 1.54) is 12.6 Å². The maximum absolute atomic E-state index is 2.39. The molecule has 0 N–H and O–H groups in total. The predicted octanol–water partition coefficient (Wildman–Crippen LogP) is 2.88. The highest BCUT2D eigenvalue weighted by molar-refractivity contribution is 7.62. The Morgan fingerprint density at radius 3 is 3.10 bits per heavy atom. The normalized spacial score (nSPS) is 36.0. The number of allylic oxidation sites excluding steroid dienone is 5. The Morgan fingerprint density at radius 1 is 1.20 bits per heavy atom. The molecule has 1 heteroatoms. The lowest BCUT2D eigenvalue weighted by atomic mass is 10.2. The van der Waals surface area contributed by atoms with Gasteiger partial charge in [-0.1, -0.05) is 44.1 Å². The Kier molecular flexibility index (Phi) is 1.73. The molecule has 0 fully saturated rings. The fourth-order valence-electron chi connectivity index (χ4n) is 1.42. The second-order valence-corrected chi connectivity index (χ2v) is 5.05. The minimum atomic E-state index is 0.200. The molecule has 0 saturated carbocycles. The first kappa shape index (κ1) is 6.37. The molecule has 2 atom stereocenters. The molecule has 2 rings (SSSR count). The molecule has 0 bridgehead atoms. The maximum atomic E-state index is 2.39. The smallest absolute Gasteiger partial charge is 0.00453 e. The summed E-state index contributed by atoms with van der Waals surface area (Å²) in [5.74, 6) is 2.39. The van der Waals surface area contributed by atoms with E-state index in [2.05, 4.69) is 36.2 Å². The van der Waals surface area contributed by atoms with Gasteiger partial charge >= 0.3 is 0 Å². The van der Waals surface area contributed by atoms with Crippen molar-refractivity contribution < 1.29 is 0 Å². The lowest BCUT2D eigenvalue weighted by molar-refractivity contribution is 1.03. The molecule has 10 heavy (non-hydrogen) atoms. The third-order valence-corrected chi connectivity index (χ3v) is 4.43. The lowest BCUT2D eigenvalue weighted by Gasteiger charge is -2.25. The van der Waals surface area contributed by atoms with Crippen LogP contribution in [-0.2, 0) is 0 Å². The van der Waals surface area contributed by atoms with E-state index >= 15 is 0 Å². The van der Waals surface area contributed by atoms with Crippen LogP contribution in [0, 0.1) is 0 Å². The molecule has 0 spiro atoms. The third kappa shape index (κ3) is 1.09. The van der Waals surface area contributed by atoms with Crippen LogP contribution in [0.1, 0.15) is 6.42 Å². The molecule has 2 aliphatic heterocycles. The highest BCUT2D eigenvalue weighted by Gasteiger charge is 2.17. The monoisotopic (exact) mass is 150 g/mol. The van der Waals surface area contributed by atoms with Gasteiger partial charge < -0.3 is 0 Å². The van der Waals surface area contributed by atoms with Crippen molar-refractivity contribution in [2.24, 2.45) is 0 Å². The van der Waals surface area contributed by atoms with Gasteiger partial charge in [0.15, 0.2) is 0 Å². The first-order chi connectivity index (χ1) is 4.97. The molecular formula is C9H11P. The number of fused-ring (bicyclic) bond motifs is 1.